The number of methoxy groups -OCH3 is 1. The van der Waals surface area contributed by atoms with Gasteiger partial charge in [-0.1, -0.05) is 13.3 Å². The van der Waals surface area contributed by atoms with E-state index in [0.29, 0.717) is 11.7 Å². The number of ether oxygens (including phenoxy) is 1. The first kappa shape index (κ1) is 15.4. The van der Waals surface area contributed by atoms with Crippen LogP contribution in [0.4, 0.5) is 5.82 Å². The second-order valence-corrected chi connectivity index (χ2v) is 4.33. The van der Waals surface area contributed by atoms with Crippen LogP contribution < -0.4 is 5.32 Å². The van der Waals surface area contributed by atoms with E-state index in [2.05, 4.69) is 26.9 Å². The maximum Gasteiger partial charge on any atom is 0.358 e. The van der Waals surface area contributed by atoms with Crippen LogP contribution in [0, 0.1) is 5.92 Å². The molecule has 0 radical (unpaired) electrons. The first-order chi connectivity index (χ1) is 9.21. The van der Waals surface area contributed by atoms with Crippen molar-refractivity contribution >= 4 is 11.8 Å². The van der Waals surface area contributed by atoms with Gasteiger partial charge in [-0.3, -0.25) is 0 Å². The van der Waals surface area contributed by atoms with Crippen molar-refractivity contribution in [1.29, 1.82) is 0 Å². The molecule has 6 nitrogen and oxygen atoms in total. The lowest BCUT2D eigenvalue weighted by atomic mass is 10.0. The number of anilines is 1. The van der Waals surface area contributed by atoms with E-state index >= 15 is 0 Å². The van der Waals surface area contributed by atoms with Gasteiger partial charge in [-0.05, 0) is 18.8 Å². The zero-order chi connectivity index (χ0) is 14.1. The molecule has 0 aliphatic rings. The molecule has 1 rings (SSSR count). The number of carbonyl (C=O) groups excluding carboxylic acids is 1. The third-order valence-corrected chi connectivity index (χ3v) is 2.85. The molecule has 0 aliphatic heterocycles. The van der Waals surface area contributed by atoms with Crippen LogP contribution >= 0.6 is 0 Å². The largest absolute Gasteiger partial charge is 0.464 e. The standard InChI is InChI=1S/C13H21N3O3/c1-3-4-10(5-6-17)7-15-12-9-14-11(8-16-12)13(18)19-2/h8-10,17H,3-7H2,1-2H3,(H,15,16). The van der Waals surface area contributed by atoms with Crippen LogP contribution in [0.25, 0.3) is 0 Å². The van der Waals surface area contributed by atoms with Gasteiger partial charge in [0.2, 0.25) is 0 Å². The van der Waals surface area contributed by atoms with Crippen LogP contribution in [0.2, 0.25) is 0 Å². The maximum atomic E-state index is 11.2. The highest BCUT2D eigenvalue weighted by atomic mass is 16.5. The molecule has 0 spiro atoms. The second kappa shape index (κ2) is 8.42. The molecule has 0 aromatic carbocycles. The molecule has 2 N–H and O–H groups in total. The van der Waals surface area contributed by atoms with Gasteiger partial charge in [-0.25, -0.2) is 14.8 Å². The average Bonchev–Trinajstić information content (AvgIpc) is 2.45. The molecule has 1 unspecified atom stereocenters. The summed E-state index contributed by atoms with van der Waals surface area (Å²) in [7, 11) is 1.31. The molecule has 106 valence electrons. The first-order valence-corrected chi connectivity index (χ1v) is 6.46. The van der Waals surface area contributed by atoms with E-state index in [-0.39, 0.29) is 12.3 Å². The summed E-state index contributed by atoms with van der Waals surface area (Å²) in [5.74, 6) is 0.534. The number of esters is 1. The van der Waals surface area contributed by atoms with Gasteiger partial charge in [0.15, 0.2) is 5.69 Å². The summed E-state index contributed by atoms with van der Waals surface area (Å²) in [6.07, 6.45) is 5.80. The Kier molecular flexibility index (Phi) is 6.81. The zero-order valence-corrected chi connectivity index (χ0v) is 11.4. The normalized spacial score (nSPS) is 11.9. The number of carbonyl (C=O) groups is 1. The van der Waals surface area contributed by atoms with E-state index < -0.39 is 5.97 Å². The Hall–Kier alpha value is -1.69. The lowest BCUT2D eigenvalue weighted by molar-refractivity contribution is 0.0593. The fourth-order valence-electron chi connectivity index (χ4n) is 1.82. The molecule has 1 atom stereocenters. The van der Waals surface area contributed by atoms with E-state index in [1.54, 1.807) is 0 Å². The number of nitrogens with zero attached hydrogens (tertiary/aromatic N) is 2. The third kappa shape index (κ3) is 5.21. The summed E-state index contributed by atoms with van der Waals surface area (Å²) in [6.45, 7) is 3.05. The molecule has 0 saturated heterocycles. The molecule has 0 aliphatic carbocycles. The van der Waals surface area contributed by atoms with Gasteiger partial charge in [0.25, 0.3) is 0 Å². The molecule has 1 heterocycles. The quantitative estimate of drug-likeness (QED) is 0.694. The highest BCUT2D eigenvalue weighted by molar-refractivity contribution is 5.86. The minimum absolute atomic E-state index is 0.188. The van der Waals surface area contributed by atoms with Gasteiger partial charge in [0.05, 0.1) is 19.5 Å². The molecule has 1 aromatic heterocycles. The van der Waals surface area contributed by atoms with E-state index in [1.807, 2.05) is 0 Å². The van der Waals surface area contributed by atoms with Gasteiger partial charge >= 0.3 is 5.97 Å². The van der Waals surface area contributed by atoms with Crippen molar-refractivity contribution in [3.05, 3.63) is 18.1 Å². The number of hydrogen-bond acceptors (Lipinski definition) is 6. The van der Waals surface area contributed by atoms with Crippen LogP contribution in [-0.4, -0.2) is 41.3 Å². The van der Waals surface area contributed by atoms with Crippen molar-refractivity contribution in [3.63, 3.8) is 0 Å². The lowest BCUT2D eigenvalue weighted by Gasteiger charge is -2.15. The summed E-state index contributed by atoms with van der Waals surface area (Å²) in [6, 6.07) is 0. The molecular weight excluding hydrogens is 246 g/mol. The maximum absolute atomic E-state index is 11.2. The molecule has 0 fully saturated rings. The number of aromatic nitrogens is 2. The predicted octanol–water partition coefficient (Wildman–Crippen LogP) is 1.47. The van der Waals surface area contributed by atoms with Crippen molar-refractivity contribution in [2.75, 3.05) is 25.6 Å². The molecule has 0 saturated carbocycles. The van der Waals surface area contributed by atoms with E-state index in [9.17, 15) is 4.79 Å². The van der Waals surface area contributed by atoms with Crippen LogP contribution in [0.5, 0.6) is 0 Å². The number of aliphatic hydroxyl groups is 1. The van der Waals surface area contributed by atoms with Crippen molar-refractivity contribution in [1.82, 2.24) is 9.97 Å². The minimum atomic E-state index is -0.497. The molecule has 6 heteroatoms. The Morgan fingerprint density at radius 3 is 2.74 bits per heavy atom. The van der Waals surface area contributed by atoms with E-state index in [4.69, 9.17) is 5.11 Å². The summed E-state index contributed by atoms with van der Waals surface area (Å²) in [5, 5.41) is 12.1. The van der Waals surface area contributed by atoms with Crippen LogP contribution in [-0.2, 0) is 4.74 Å². The topological polar surface area (TPSA) is 84.3 Å². The van der Waals surface area contributed by atoms with Gasteiger partial charge in [-0.2, -0.15) is 0 Å². The van der Waals surface area contributed by atoms with Crippen LogP contribution in [0.3, 0.4) is 0 Å². The van der Waals surface area contributed by atoms with Crippen molar-refractivity contribution in [2.24, 2.45) is 5.92 Å². The van der Waals surface area contributed by atoms with E-state index in [1.165, 1.54) is 19.5 Å². The van der Waals surface area contributed by atoms with Crippen LogP contribution in [0.15, 0.2) is 12.4 Å². The predicted molar refractivity (Wildman–Crippen MR) is 72.0 cm³/mol. The number of aliphatic hydroxyl groups excluding tert-OH is 1. The SMILES string of the molecule is CCCC(CCO)CNc1cnc(C(=O)OC)cn1. The van der Waals surface area contributed by atoms with Crippen molar-refractivity contribution in [2.45, 2.75) is 26.2 Å². The lowest BCUT2D eigenvalue weighted by Crippen LogP contribution is -2.16. The summed E-state index contributed by atoms with van der Waals surface area (Å²) < 4.78 is 4.55. The Bertz CT molecular complexity index is 375. The van der Waals surface area contributed by atoms with Gasteiger partial charge in [0, 0.05) is 13.2 Å². The summed E-state index contributed by atoms with van der Waals surface area (Å²) in [4.78, 5) is 19.3. The highest BCUT2D eigenvalue weighted by Crippen LogP contribution is 2.12. The van der Waals surface area contributed by atoms with E-state index in [0.717, 1.165) is 25.8 Å². The third-order valence-electron chi connectivity index (χ3n) is 2.85. The fourth-order valence-corrected chi connectivity index (χ4v) is 1.82. The van der Waals surface area contributed by atoms with Crippen molar-refractivity contribution in [3.8, 4) is 0 Å². The van der Waals surface area contributed by atoms with Crippen molar-refractivity contribution < 1.29 is 14.6 Å². The Labute approximate surface area is 113 Å². The molecular formula is C13H21N3O3. The second-order valence-electron chi connectivity index (χ2n) is 4.33. The monoisotopic (exact) mass is 267 g/mol. The highest BCUT2D eigenvalue weighted by Gasteiger charge is 2.09. The number of rotatable bonds is 8. The number of hydrogen-bond donors (Lipinski definition) is 2. The Morgan fingerprint density at radius 1 is 1.42 bits per heavy atom. The minimum Gasteiger partial charge on any atom is -0.464 e. The summed E-state index contributed by atoms with van der Waals surface area (Å²) >= 11 is 0. The summed E-state index contributed by atoms with van der Waals surface area (Å²) in [5.41, 5.74) is 0.188. The fraction of sp³-hybridized carbons (Fsp3) is 0.615. The molecule has 0 bridgehead atoms. The Morgan fingerprint density at radius 2 is 2.21 bits per heavy atom. The Balaban J connectivity index is 2.50. The van der Waals surface area contributed by atoms with Crippen LogP contribution in [0.1, 0.15) is 36.7 Å². The molecule has 19 heavy (non-hydrogen) atoms. The smallest absolute Gasteiger partial charge is 0.358 e. The zero-order valence-electron chi connectivity index (χ0n) is 11.4. The van der Waals surface area contributed by atoms with Gasteiger partial charge < -0.3 is 15.2 Å². The first-order valence-electron chi connectivity index (χ1n) is 6.46. The van der Waals surface area contributed by atoms with Gasteiger partial charge in [0.1, 0.15) is 5.82 Å². The molecule has 0 amide bonds. The average molecular weight is 267 g/mol. The molecule has 1 aromatic rings. The van der Waals surface area contributed by atoms with Gasteiger partial charge in [-0.15, -0.1) is 0 Å². The number of nitrogens with one attached hydrogen (secondary N) is 1.